The van der Waals surface area contributed by atoms with E-state index in [1.165, 1.54) is 77.0 Å². The zero-order valence-corrected chi connectivity index (χ0v) is 40.5. The maximum Gasteiger partial charge on any atom is 1.00 e. The maximum absolute atomic E-state index is 11.8. The van der Waals surface area contributed by atoms with Crippen molar-refractivity contribution in [2.75, 3.05) is 39.3 Å². The van der Waals surface area contributed by atoms with E-state index in [4.69, 9.17) is 9.47 Å². The third kappa shape index (κ3) is 32.9. The van der Waals surface area contributed by atoms with Crippen LogP contribution in [0.2, 0.25) is 0 Å². The van der Waals surface area contributed by atoms with Gasteiger partial charge < -0.3 is 39.1 Å². The summed E-state index contributed by atoms with van der Waals surface area (Å²) in [5.41, 5.74) is 0. The molecule has 2 rings (SSSR count). The topological polar surface area (TPSA) is 198 Å². The van der Waals surface area contributed by atoms with Gasteiger partial charge in [0.1, 0.15) is 0 Å². The number of hydrogen-bond donors (Lipinski definition) is 0. The van der Waals surface area contributed by atoms with Gasteiger partial charge in [0, 0.05) is 63.8 Å². The summed E-state index contributed by atoms with van der Waals surface area (Å²) < 4.78 is 9.73. The molecule has 0 aromatic rings. The summed E-state index contributed by atoms with van der Waals surface area (Å²) >= 11 is 0. The molecule has 2 aliphatic heterocycles. The van der Waals surface area contributed by atoms with Crippen LogP contribution in [-0.4, -0.2) is 96.6 Å². The number of ether oxygens (including phenoxy) is 2. The minimum absolute atomic E-state index is 0. The Hall–Kier alpha value is -1.84. The molecule has 0 N–H and O–H groups in total. The number of unbranched alkanes of at least 4 members (excludes halogenated alkanes) is 16. The predicted octanol–water partition coefficient (Wildman–Crippen LogP) is -0.769. The van der Waals surface area contributed by atoms with Gasteiger partial charge in [-0.2, -0.15) is 0 Å². The first-order valence-corrected chi connectivity index (χ1v) is 21.5. The van der Waals surface area contributed by atoms with Crippen LogP contribution in [0.1, 0.15) is 181 Å². The van der Waals surface area contributed by atoms with Crippen LogP contribution in [0.4, 0.5) is 0 Å². The number of carbonyl (C=O) groups excluding carboxylic acids is 6. The second-order valence-electron chi connectivity index (χ2n) is 14.7. The average molecular weight is 837 g/mol. The monoisotopic (exact) mass is 836 g/mol. The Kier molecular flexibility index (Phi) is 39.5. The van der Waals surface area contributed by atoms with Crippen LogP contribution in [0.5, 0.6) is 0 Å². The van der Waals surface area contributed by atoms with E-state index in [9.17, 15) is 39.0 Å². The van der Waals surface area contributed by atoms with Crippen molar-refractivity contribution in [3.05, 3.63) is 0 Å². The third-order valence-corrected chi connectivity index (χ3v) is 9.76. The number of hydrogen-bond acceptors (Lipinski definition) is 14. The molecule has 14 nitrogen and oxygen atoms in total. The molecule has 58 heavy (non-hydrogen) atoms. The van der Waals surface area contributed by atoms with E-state index in [1.54, 1.807) is 0 Å². The zero-order valence-electron chi connectivity index (χ0n) is 36.5. The largest absolute Gasteiger partial charge is 1.00 e. The SMILES string of the molecule is CCCCCCCCCCCC(=O)OC(=O)CCN1CCN=C1CCC(=O)[O-].CCCCCCCCCCCC(=O)OC(=O)CCN1CCN=C1CCC(=O)[O-].[Na+].[Na+]. The zero-order chi connectivity index (χ0) is 41.2. The van der Waals surface area contributed by atoms with Gasteiger partial charge in [0.25, 0.3) is 0 Å². The molecule has 0 fully saturated rings. The summed E-state index contributed by atoms with van der Waals surface area (Å²) in [4.78, 5) is 80.5. The smallest absolute Gasteiger partial charge is 0.550 e. The number of carboxylic acids is 2. The van der Waals surface area contributed by atoms with Crippen molar-refractivity contribution in [3.8, 4) is 0 Å². The predicted molar refractivity (Wildman–Crippen MR) is 211 cm³/mol. The van der Waals surface area contributed by atoms with Crippen molar-refractivity contribution in [2.45, 2.75) is 181 Å². The molecule has 0 atom stereocenters. The van der Waals surface area contributed by atoms with Crippen molar-refractivity contribution < 1.29 is 108 Å². The summed E-state index contributed by atoms with van der Waals surface area (Å²) in [7, 11) is 0. The van der Waals surface area contributed by atoms with E-state index < -0.39 is 35.8 Å². The standard InChI is InChI=1S/2C21H36N2O5.2Na/c2*1-2-3-4-5-6-7-8-9-10-11-20(26)28-21(27)14-16-23-17-15-22-18(23)12-13-19(24)25;;/h2*2-17H2,1H3,(H,24,25);;/q;;2*+1/p-2. The van der Waals surface area contributed by atoms with Crippen molar-refractivity contribution >= 4 is 47.5 Å². The molecule has 0 spiro atoms. The number of carbonyl (C=O) groups is 6. The molecular weight excluding hydrogens is 766 g/mol. The molecule has 0 aromatic heterocycles. The van der Waals surface area contributed by atoms with Gasteiger partial charge in [0.05, 0.1) is 37.6 Å². The van der Waals surface area contributed by atoms with Crippen LogP contribution in [-0.2, 0) is 38.2 Å². The first kappa shape index (κ1) is 58.3. The number of aliphatic carboxylic acids is 2. The minimum Gasteiger partial charge on any atom is -0.550 e. The molecule has 0 radical (unpaired) electrons. The fourth-order valence-electron chi connectivity index (χ4n) is 6.51. The maximum atomic E-state index is 11.8. The van der Waals surface area contributed by atoms with Crippen molar-refractivity contribution in [1.82, 2.24) is 9.80 Å². The van der Waals surface area contributed by atoms with Gasteiger partial charge in [0.2, 0.25) is 0 Å². The number of aliphatic imine (C=N–C) groups is 2. The van der Waals surface area contributed by atoms with Crippen LogP contribution >= 0.6 is 0 Å². The van der Waals surface area contributed by atoms with Crippen LogP contribution < -0.4 is 69.3 Å². The molecule has 0 aliphatic carbocycles. The quantitative estimate of drug-likeness (QED) is 0.0356. The summed E-state index contributed by atoms with van der Waals surface area (Å²) in [6.45, 7) is 7.68. The molecular formula is C42H70N4Na2O10. The van der Waals surface area contributed by atoms with Gasteiger partial charge in [-0.1, -0.05) is 117 Å². The normalized spacial score (nSPS) is 13.0. The van der Waals surface area contributed by atoms with Crippen molar-refractivity contribution in [2.24, 2.45) is 9.98 Å². The van der Waals surface area contributed by atoms with Crippen LogP contribution in [0, 0.1) is 0 Å². The molecule has 0 saturated carbocycles. The second-order valence-corrected chi connectivity index (χ2v) is 14.7. The van der Waals surface area contributed by atoms with Crippen LogP contribution in [0.25, 0.3) is 0 Å². The van der Waals surface area contributed by atoms with E-state index >= 15 is 0 Å². The Balaban J connectivity index is 0. The number of rotatable bonds is 32. The fraction of sp³-hybridized carbons (Fsp3) is 0.810. The number of nitrogens with zero attached hydrogens (tertiary/aromatic N) is 4. The summed E-state index contributed by atoms with van der Waals surface area (Å²) in [6, 6.07) is 0. The van der Waals surface area contributed by atoms with Crippen LogP contribution in [0.3, 0.4) is 0 Å². The Bertz CT molecular complexity index is 1140. The molecule has 2 heterocycles. The van der Waals surface area contributed by atoms with E-state index in [2.05, 4.69) is 23.8 Å². The van der Waals surface area contributed by atoms with E-state index in [0.29, 0.717) is 63.8 Å². The first-order chi connectivity index (χ1) is 27.0. The fourth-order valence-corrected chi connectivity index (χ4v) is 6.51. The molecule has 0 aromatic carbocycles. The molecule has 0 bridgehead atoms. The van der Waals surface area contributed by atoms with Gasteiger partial charge in [0.15, 0.2) is 0 Å². The first-order valence-electron chi connectivity index (χ1n) is 21.5. The molecule has 0 saturated heterocycles. The summed E-state index contributed by atoms with van der Waals surface area (Å²) in [5, 5.41) is 21.1. The Labute approximate surface area is 392 Å². The Morgan fingerprint density at radius 2 is 0.759 bits per heavy atom. The van der Waals surface area contributed by atoms with Gasteiger partial charge in [-0.25, -0.2) is 0 Å². The molecule has 0 unspecified atom stereocenters. The van der Waals surface area contributed by atoms with Gasteiger partial charge in [-0.05, 0) is 25.7 Å². The third-order valence-electron chi connectivity index (χ3n) is 9.76. The number of amidine groups is 2. The number of esters is 4. The number of carboxylic acid groups (broad SMARTS) is 2. The summed E-state index contributed by atoms with van der Waals surface area (Å²) in [6.07, 6.45) is 22.2. The molecule has 16 heteroatoms. The van der Waals surface area contributed by atoms with E-state index in [0.717, 1.165) is 38.5 Å². The van der Waals surface area contributed by atoms with Crippen LogP contribution in [0.15, 0.2) is 9.98 Å². The van der Waals surface area contributed by atoms with Gasteiger partial charge >= 0.3 is 83.0 Å². The Morgan fingerprint density at radius 1 is 0.466 bits per heavy atom. The van der Waals surface area contributed by atoms with Crippen molar-refractivity contribution in [3.63, 3.8) is 0 Å². The second kappa shape index (κ2) is 39.3. The average Bonchev–Trinajstić information content (AvgIpc) is 3.82. The van der Waals surface area contributed by atoms with Gasteiger partial charge in [-0.3, -0.25) is 29.2 Å². The van der Waals surface area contributed by atoms with Gasteiger partial charge in [-0.15, -0.1) is 0 Å². The molecule has 320 valence electrons. The summed E-state index contributed by atoms with van der Waals surface area (Å²) in [5.74, 6) is -2.86. The molecule has 0 amide bonds. The molecule has 2 aliphatic rings. The van der Waals surface area contributed by atoms with E-state index in [1.807, 2.05) is 9.80 Å². The van der Waals surface area contributed by atoms with E-state index in [-0.39, 0.29) is 97.6 Å². The minimum atomic E-state index is -1.11. The Morgan fingerprint density at radius 3 is 1.07 bits per heavy atom. The van der Waals surface area contributed by atoms with Crippen molar-refractivity contribution in [1.29, 1.82) is 0 Å².